The standard InChI is InChI=1S/C21H39NO5/c1-4-5-8-11-18(23)14-16-22-17-15-21(26-2,27-3)19(22)12-9-6-7-10-13-20(24)25/h6,9,18-19,23H,4-5,7-8,10-17H2,1-3H3,(H,24,25)/b9-6-. The van der Waals surface area contributed by atoms with Crippen molar-refractivity contribution in [2.45, 2.75) is 89.1 Å². The molecule has 0 radical (unpaired) electrons. The maximum absolute atomic E-state index is 10.6. The lowest BCUT2D eigenvalue weighted by Crippen LogP contribution is -2.47. The quantitative estimate of drug-likeness (QED) is 0.255. The van der Waals surface area contributed by atoms with Gasteiger partial charge in [-0.3, -0.25) is 9.69 Å². The second-order valence-corrected chi connectivity index (χ2v) is 7.45. The molecule has 1 fully saturated rings. The van der Waals surface area contributed by atoms with Gasteiger partial charge in [-0.25, -0.2) is 0 Å². The van der Waals surface area contributed by atoms with Crippen LogP contribution in [0.1, 0.15) is 71.1 Å². The van der Waals surface area contributed by atoms with Crippen molar-refractivity contribution in [1.29, 1.82) is 0 Å². The highest BCUT2D eigenvalue weighted by Gasteiger charge is 2.47. The molecule has 6 heteroatoms. The maximum atomic E-state index is 10.6. The van der Waals surface area contributed by atoms with E-state index in [0.29, 0.717) is 6.42 Å². The first-order valence-corrected chi connectivity index (χ1v) is 10.4. The Labute approximate surface area is 164 Å². The van der Waals surface area contributed by atoms with Gasteiger partial charge in [0.15, 0.2) is 5.79 Å². The molecule has 0 aromatic carbocycles. The van der Waals surface area contributed by atoms with E-state index >= 15 is 0 Å². The van der Waals surface area contributed by atoms with Crippen LogP contribution in [0.4, 0.5) is 0 Å². The molecule has 1 aliphatic heterocycles. The number of carboxylic acid groups (broad SMARTS) is 1. The van der Waals surface area contributed by atoms with Crippen molar-refractivity contribution in [3.8, 4) is 0 Å². The predicted molar refractivity (Wildman–Crippen MR) is 107 cm³/mol. The molecule has 27 heavy (non-hydrogen) atoms. The van der Waals surface area contributed by atoms with Gasteiger partial charge < -0.3 is 19.7 Å². The van der Waals surface area contributed by atoms with Gasteiger partial charge in [0.05, 0.1) is 12.1 Å². The molecule has 158 valence electrons. The Bertz CT molecular complexity index is 436. The first-order valence-electron chi connectivity index (χ1n) is 10.4. The highest BCUT2D eigenvalue weighted by Crippen LogP contribution is 2.35. The summed E-state index contributed by atoms with van der Waals surface area (Å²) in [7, 11) is 3.38. The monoisotopic (exact) mass is 385 g/mol. The average molecular weight is 386 g/mol. The van der Waals surface area contributed by atoms with Gasteiger partial charge in [-0.15, -0.1) is 0 Å². The van der Waals surface area contributed by atoms with Crippen LogP contribution in [-0.4, -0.2) is 66.3 Å². The lowest BCUT2D eigenvalue weighted by molar-refractivity contribution is -0.218. The molecule has 0 spiro atoms. The van der Waals surface area contributed by atoms with Crippen molar-refractivity contribution < 1.29 is 24.5 Å². The molecule has 0 aliphatic carbocycles. The van der Waals surface area contributed by atoms with E-state index in [1.807, 2.05) is 0 Å². The summed E-state index contributed by atoms with van der Waals surface area (Å²) in [5.74, 6) is -1.36. The lowest BCUT2D eigenvalue weighted by Gasteiger charge is -2.35. The Balaban J connectivity index is 2.54. The van der Waals surface area contributed by atoms with Gasteiger partial charge in [0.25, 0.3) is 0 Å². The topological polar surface area (TPSA) is 79.2 Å². The molecule has 1 heterocycles. The van der Waals surface area contributed by atoms with Crippen molar-refractivity contribution in [2.75, 3.05) is 27.3 Å². The summed E-state index contributed by atoms with van der Waals surface area (Å²) in [5, 5.41) is 18.9. The lowest BCUT2D eigenvalue weighted by atomic mass is 10.0. The Morgan fingerprint density at radius 2 is 1.96 bits per heavy atom. The van der Waals surface area contributed by atoms with Crippen LogP contribution in [0.25, 0.3) is 0 Å². The normalized spacial score (nSPS) is 21.1. The van der Waals surface area contributed by atoms with E-state index in [1.165, 1.54) is 12.8 Å². The molecular weight excluding hydrogens is 346 g/mol. The fourth-order valence-electron chi connectivity index (χ4n) is 3.86. The number of aliphatic hydroxyl groups excluding tert-OH is 1. The third-order valence-corrected chi connectivity index (χ3v) is 5.56. The van der Waals surface area contributed by atoms with Gasteiger partial charge in [-0.1, -0.05) is 38.3 Å². The number of nitrogens with zero attached hydrogens (tertiary/aromatic N) is 1. The third-order valence-electron chi connectivity index (χ3n) is 5.56. The number of ether oxygens (including phenoxy) is 2. The zero-order chi connectivity index (χ0) is 20.1. The van der Waals surface area contributed by atoms with Crippen molar-refractivity contribution in [2.24, 2.45) is 0 Å². The summed E-state index contributed by atoms with van der Waals surface area (Å²) < 4.78 is 11.5. The minimum Gasteiger partial charge on any atom is -0.481 e. The van der Waals surface area contributed by atoms with Gasteiger partial charge in [-0.05, 0) is 32.1 Å². The molecule has 1 aliphatic rings. The number of methoxy groups -OCH3 is 2. The van der Waals surface area contributed by atoms with E-state index in [-0.39, 0.29) is 18.6 Å². The molecule has 0 aromatic rings. The van der Waals surface area contributed by atoms with Gasteiger partial charge >= 0.3 is 5.97 Å². The van der Waals surface area contributed by atoms with Crippen molar-refractivity contribution in [3.63, 3.8) is 0 Å². The number of aliphatic hydroxyl groups is 1. The maximum Gasteiger partial charge on any atom is 0.303 e. The first kappa shape index (κ1) is 24.1. The summed E-state index contributed by atoms with van der Waals surface area (Å²) in [4.78, 5) is 12.9. The van der Waals surface area contributed by atoms with Crippen LogP contribution in [0.2, 0.25) is 0 Å². The molecule has 1 rings (SSSR count). The SMILES string of the molecule is CCCCCC(O)CCN1CCC(OC)(OC)C1C/C=C\CCCC(=O)O. The Kier molecular flexibility index (Phi) is 11.8. The number of unbranched alkanes of at least 4 members (excludes halogenated alkanes) is 3. The minimum atomic E-state index is -0.749. The largest absolute Gasteiger partial charge is 0.481 e. The Morgan fingerprint density at radius 1 is 1.22 bits per heavy atom. The highest BCUT2D eigenvalue weighted by atomic mass is 16.7. The smallest absolute Gasteiger partial charge is 0.303 e. The average Bonchev–Trinajstić information content (AvgIpc) is 3.01. The second kappa shape index (κ2) is 13.3. The van der Waals surface area contributed by atoms with Crippen LogP contribution in [-0.2, 0) is 14.3 Å². The highest BCUT2D eigenvalue weighted by molar-refractivity contribution is 5.66. The first-order chi connectivity index (χ1) is 13.0. The zero-order valence-corrected chi connectivity index (χ0v) is 17.4. The molecule has 0 saturated carbocycles. The molecule has 2 atom stereocenters. The third kappa shape index (κ3) is 8.30. The number of hydrogen-bond acceptors (Lipinski definition) is 5. The number of rotatable bonds is 15. The molecule has 0 bridgehead atoms. The van der Waals surface area contributed by atoms with Gasteiger partial charge in [0, 0.05) is 40.2 Å². The van der Waals surface area contributed by atoms with Crippen LogP contribution >= 0.6 is 0 Å². The van der Waals surface area contributed by atoms with Crippen LogP contribution in [0.3, 0.4) is 0 Å². The number of aliphatic carboxylic acids is 1. The Morgan fingerprint density at radius 3 is 2.59 bits per heavy atom. The van der Waals surface area contributed by atoms with Crippen LogP contribution in [0.15, 0.2) is 12.2 Å². The number of allylic oxidation sites excluding steroid dienone is 1. The summed E-state index contributed by atoms with van der Waals surface area (Å²) in [6, 6.07) is 0.103. The van der Waals surface area contributed by atoms with Gasteiger partial charge in [0.1, 0.15) is 0 Å². The molecule has 2 N–H and O–H groups in total. The van der Waals surface area contributed by atoms with Crippen molar-refractivity contribution >= 4 is 5.97 Å². The second-order valence-electron chi connectivity index (χ2n) is 7.45. The van der Waals surface area contributed by atoms with E-state index in [2.05, 4.69) is 24.0 Å². The number of carbonyl (C=O) groups is 1. The molecule has 6 nitrogen and oxygen atoms in total. The zero-order valence-electron chi connectivity index (χ0n) is 17.4. The van der Waals surface area contributed by atoms with Crippen LogP contribution < -0.4 is 0 Å². The van der Waals surface area contributed by atoms with Crippen LogP contribution in [0, 0.1) is 0 Å². The van der Waals surface area contributed by atoms with Crippen molar-refractivity contribution in [3.05, 3.63) is 12.2 Å². The van der Waals surface area contributed by atoms with E-state index in [4.69, 9.17) is 14.6 Å². The van der Waals surface area contributed by atoms with E-state index < -0.39 is 11.8 Å². The van der Waals surface area contributed by atoms with Crippen LogP contribution in [0.5, 0.6) is 0 Å². The molecule has 1 saturated heterocycles. The van der Waals surface area contributed by atoms with E-state index in [0.717, 1.165) is 51.6 Å². The molecule has 0 amide bonds. The molecular formula is C21H39NO5. The summed E-state index contributed by atoms with van der Waals surface area (Å²) in [6.07, 6.45) is 12.2. The van der Waals surface area contributed by atoms with Gasteiger partial charge in [0.2, 0.25) is 0 Å². The van der Waals surface area contributed by atoms with Crippen molar-refractivity contribution in [1.82, 2.24) is 4.90 Å². The summed E-state index contributed by atoms with van der Waals surface area (Å²) in [6.45, 7) is 3.89. The number of hydrogen-bond donors (Lipinski definition) is 2. The van der Waals surface area contributed by atoms with E-state index in [9.17, 15) is 9.90 Å². The molecule has 2 unspecified atom stereocenters. The molecule has 0 aromatic heterocycles. The summed E-state index contributed by atoms with van der Waals surface area (Å²) in [5.41, 5.74) is 0. The van der Waals surface area contributed by atoms with Gasteiger partial charge in [-0.2, -0.15) is 0 Å². The predicted octanol–water partition coefficient (Wildman–Crippen LogP) is 3.58. The number of likely N-dealkylation sites (tertiary alicyclic amines) is 1. The number of carboxylic acids is 1. The Hall–Kier alpha value is -0.950. The van der Waals surface area contributed by atoms with E-state index in [1.54, 1.807) is 14.2 Å². The fourth-order valence-corrected chi connectivity index (χ4v) is 3.86. The summed E-state index contributed by atoms with van der Waals surface area (Å²) >= 11 is 0. The minimum absolute atomic E-state index is 0.103. The fraction of sp³-hybridized carbons (Fsp3) is 0.857.